The fourth-order valence-corrected chi connectivity index (χ4v) is 5.05. The number of hydrogen-bond donors (Lipinski definition) is 6. The number of aliphatic carboxylic acids is 4. The highest BCUT2D eigenvalue weighted by molar-refractivity contribution is 6.07. The molecule has 1 aliphatic carbocycles. The number of nitrogens with zero attached hydrogens (tertiary/aromatic N) is 2. The summed E-state index contributed by atoms with van der Waals surface area (Å²) < 4.78 is 5.94. The summed E-state index contributed by atoms with van der Waals surface area (Å²) in [5, 5.41) is 58.0. The monoisotopic (exact) mass is 638 g/mol. The first kappa shape index (κ1) is 34.7. The van der Waals surface area contributed by atoms with Crippen LogP contribution in [0.15, 0.2) is 57.7 Å². The second-order valence-electron chi connectivity index (χ2n) is 10.1. The van der Waals surface area contributed by atoms with E-state index in [9.17, 15) is 59.4 Å². The molecule has 46 heavy (non-hydrogen) atoms. The standard InChI is InChI=1S/C30H26N2O13.CH4/c33-21-7-23-19(5-15(21)9-31(11-25(35)36)12-26(37)38)29(17-3-1-2-4-18(17)30(43)44)20-6-16(22(34)8-24(20)45-23)10-32(13-27(39)40)14-28(41)42;/h1-8,33H,9-14H2,(H,35,36)(H,37,38)(H,39,40)(H,41,42)(H,43,44);1H4. The highest BCUT2D eigenvalue weighted by Gasteiger charge is 2.26. The first-order valence-electron chi connectivity index (χ1n) is 13.1. The van der Waals surface area contributed by atoms with Gasteiger partial charge in [0, 0.05) is 52.9 Å². The van der Waals surface area contributed by atoms with Gasteiger partial charge in [-0.1, -0.05) is 25.6 Å². The van der Waals surface area contributed by atoms with E-state index in [1.165, 1.54) is 36.4 Å². The molecule has 1 aliphatic heterocycles. The van der Waals surface area contributed by atoms with Gasteiger partial charge in [-0.05, 0) is 23.8 Å². The van der Waals surface area contributed by atoms with E-state index >= 15 is 0 Å². The van der Waals surface area contributed by atoms with Crippen LogP contribution in [-0.2, 0) is 32.3 Å². The Bertz CT molecular complexity index is 1830. The van der Waals surface area contributed by atoms with E-state index in [0.717, 1.165) is 15.9 Å². The second kappa shape index (κ2) is 14.3. The van der Waals surface area contributed by atoms with E-state index in [-0.39, 0.29) is 76.4 Å². The van der Waals surface area contributed by atoms with Gasteiger partial charge in [-0.3, -0.25) is 33.8 Å². The zero-order valence-electron chi connectivity index (χ0n) is 23.3. The van der Waals surface area contributed by atoms with Crippen molar-refractivity contribution < 1.29 is 59.0 Å². The number of rotatable bonds is 14. The minimum absolute atomic E-state index is 0. The minimum atomic E-state index is -1.33. The number of carbonyl (C=O) groups is 5. The summed E-state index contributed by atoms with van der Waals surface area (Å²) in [6, 6.07) is 10.9. The fraction of sp³-hybridized carbons (Fsp3) is 0.226. The van der Waals surface area contributed by atoms with Gasteiger partial charge in [-0.2, -0.15) is 0 Å². The average molecular weight is 639 g/mol. The van der Waals surface area contributed by atoms with E-state index < -0.39 is 61.5 Å². The lowest BCUT2D eigenvalue weighted by atomic mass is 9.89. The van der Waals surface area contributed by atoms with E-state index in [0.29, 0.717) is 0 Å². The maximum absolute atomic E-state index is 13.1. The maximum Gasteiger partial charge on any atom is 0.336 e. The number of aromatic carboxylic acids is 1. The van der Waals surface area contributed by atoms with Gasteiger partial charge in [-0.15, -0.1) is 0 Å². The van der Waals surface area contributed by atoms with Crippen molar-refractivity contribution in [3.63, 3.8) is 0 Å². The molecule has 2 aliphatic rings. The van der Waals surface area contributed by atoms with Crippen LogP contribution in [0.3, 0.4) is 0 Å². The molecule has 0 fully saturated rings. The van der Waals surface area contributed by atoms with E-state index in [1.807, 2.05) is 0 Å². The molecular weight excluding hydrogens is 608 g/mol. The molecule has 0 radical (unpaired) electrons. The number of phenolic OH excluding ortho intramolecular Hbond substituents is 1. The lowest BCUT2D eigenvalue weighted by molar-refractivity contribution is -0.144. The second-order valence-corrected chi connectivity index (χ2v) is 10.1. The number of fused-ring (bicyclic) bond motifs is 2. The number of phenols is 1. The van der Waals surface area contributed by atoms with Gasteiger partial charge in [0.2, 0.25) is 0 Å². The van der Waals surface area contributed by atoms with Gasteiger partial charge in [0.1, 0.15) is 17.1 Å². The molecule has 2 aromatic carbocycles. The predicted octanol–water partition coefficient (Wildman–Crippen LogP) is 2.55. The Morgan fingerprint density at radius 1 is 0.674 bits per heavy atom. The molecule has 15 heteroatoms. The van der Waals surface area contributed by atoms with Crippen LogP contribution in [0.4, 0.5) is 0 Å². The Labute approximate surface area is 260 Å². The summed E-state index contributed by atoms with van der Waals surface area (Å²) in [7, 11) is 0. The molecule has 0 saturated carbocycles. The lowest BCUT2D eigenvalue weighted by Crippen LogP contribution is -2.35. The van der Waals surface area contributed by atoms with Crippen molar-refractivity contribution in [3.8, 4) is 28.2 Å². The normalized spacial score (nSPS) is 11.1. The van der Waals surface area contributed by atoms with Crippen LogP contribution in [0, 0.1) is 0 Å². The maximum atomic E-state index is 13.1. The summed E-state index contributed by atoms with van der Waals surface area (Å²) in [4.78, 5) is 72.8. The van der Waals surface area contributed by atoms with Crippen molar-refractivity contribution in [2.45, 2.75) is 20.5 Å². The molecule has 6 N–H and O–H groups in total. The smallest absolute Gasteiger partial charge is 0.336 e. The topological polar surface area (TPSA) is 243 Å². The van der Waals surface area contributed by atoms with Crippen molar-refractivity contribution >= 4 is 40.8 Å². The van der Waals surface area contributed by atoms with Crippen LogP contribution >= 0.6 is 0 Å². The van der Waals surface area contributed by atoms with Gasteiger partial charge in [0.25, 0.3) is 0 Å². The average Bonchev–Trinajstić information content (AvgIpc) is 2.91. The highest BCUT2D eigenvalue weighted by Crippen LogP contribution is 2.43. The molecular formula is C31H30N2O13. The van der Waals surface area contributed by atoms with Crippen LogP contribution in [0.25, 0.3) is 33.4 Å². The third-order valence-corrected chi connectivity index (χ3v) is 6.75. The van der Waals surface area contributed by atoms with Gasteiger partial charge in [0.05, 0.1) is 31.7 Å². The van der Waals surface area contributed by atoms with Crippen LogP contribution in [0.5, 0.6) is 5.75 Å². The van der Waals surface area contributed by atoms with Crippen LogP contribution in [-0.4, -0.2) is 96.5 Å². The van der Waals surface area contributed by atoms with Crippen molar-refractivity contribution in [2.75, 3.05) is 26.2 Å². The van der Waals surface area contributed by atoms with Gasteiger partial charge in [-0.25, -0.2) is 4.79 Å². The lowest BCUT2D eigenvalue weighted by Gasteiger charge is -2.22. The first-order valence-corrected chi connectivity index (χ1v) is 13.1. The summed E-state index contributed by atoms with van der Waals surface area (Å²) in [5.41, 5.74) is -0.109. The van der Waals surface area contributed by atoms with Crippen molar-refractivity contribution in [1.82, 2.24) is 9.80 Å². The van der Waals surface area contributed by atoms with E-state index in [2.05, 4.69) is 0 Å². The Morgan fingerprint density at radius 3 is 1.72 bits per heavy atom. The summed E-state index contributed by atoms with van der Waals surface area (Å²) in [5.74, 6) is -6.98. The summed E-state index contributed by atoms with van der Waals surface area (Å²) in [6.45, 7) is -3.42. The third kappa shape index (κ3) is 8.02. The molecule has 2 aromatic rings. The van der Waals surface area contributed by atoms with Crippen molar-refractivity contribution in [2.24, 2.45) is 0 Å². The third-order valence-electron chi connectivity index (χ3n) is 6.75. The number of carboxylic acids is 5. The summed E-state index contributed by atoms with van der Waals surface area (Å²) in [6.07, 6.45) is 0. The molecule has 4 rings (SSSR count). The van der Waals surface area contributed by atoms with Crippen LogP contribution in [0.1, 0.15) is 28.9 Å². The Kier molecular flexibility index (Phi) is 10.8. The van der Waals surface area contributed by atoms with Gasteiger partial charge >= 0.3 is 29.8 Å². The number of hydrogen-bond acceptors (Lipinski definition) is 10. The molecule has 0 saturated heterocycles. The Balaban J connectivity index is 0.00000576. The van der Waals surface area contributed by atoms with Gasteiger partial charge in [0.15, 0.2) is 5.43 Å². The van der Waals surface area contributed by atoms with Gasteiger partial charge < -0.3 is 35.1 Å². The molecule has 15 nitrogen and oxygen atoms in total. The molecule has 0 bridgehead atoms. The molecule has 0 spiro atoms. The fourth-order valence-electron chi connectivity index (χ4n) is 5.05. The molecule has 0 aromatic heterocycles. The highest BCUT2D eigenvalue weighted by atomic mass is 16.4. The molecule has 242 valence electrons. The molecule has 0 atom stereocenters. The summed E-state index contributed by atoms with van der Waals surface area (Å²) >= 11 is 0. The van der Waals surface area contributed by atoms with Crippen LogP contribution in [0.2, 0.25) is 0 Å². The first-order chi connectivity index (χ1) is 21.2. The largest absolute Gasteiger partial charge is 0.507 e. The number of aromatic hydroxyl groups is 1. The van der Waals surface area contributed by atoms with E-state index in [1.54, 1.807) is 6.07 Å². The number of carboxylic acid groups (broad SMARTS) is 5. The molecule has 0 amide bonds. The zero-order chi connectivity index (χ0) is 33.0. The Morgan fingerprint density at radius 2 is 1.20 bits per heavy atom. The minimum Gasteiger partial charge on any atom is -0.507 e. The SMILES string of the molecule is C.O=C(O)CN(CC(=O)O)Cc1cc2c(-c3ccccc3C(=O)O)c3cc(CN(CC(=O)O)CC(=O)O)c(=O)cc-3oc2cc1O. The molecule has 1 heterocycles. The Hall–Kier alpha value is -5.80. The predicted molar refractivity (Wildman–Crippen MR) is 161 cm³/mol. The van der Waals surface area contributed by atoms with Crippen LogP contribution < -0.4 is 5.43 Å². The van der Waals surface area contributed by atoms with Crippen molar-refractivity contribution in [3.05, 3.63) is 75.4 Å². The molecule has 0 unspecified atom stereocenters. The number of benzene rings is 3. The van der Waals surface area contributed by atoms with Crippen molar-refractivity contribution in [1.29, 1.82) is 0 Å². The quantitative estimate of drug-likeness (QED) is 0.109. The zero-order valence-corrected chi connectivity index (χ0v) is 23.3. The van der Waals surface area contributed by atoms with E-state index in [4.69, 9.17) is 4.42 Å².